The van der Waals surface area contributed by atoms with E-state index in [2.05, 4.69) is 20.4 Å². The molecule has 8 heteroatoms. The molecule has 3 rings (SSSR count). The fraction of sp³-hybridized carbons (Fsp3) is 0.333. The number of nitrogens with zero attached hydrogens (tertiary/aromatic N) is 4. The van der Waals surface area contributed by atoms with Gasteiger partial charge in [-0.25, -0.2) is 0 Å². The van der Waals surface area contributed by atoms with Crippen LogP contribution in [0, 0.1) is 20.8 Å². The third-order valence-corrected chi connectivity index (χ3v) is 3.83. The molecule has 2 heterocycles. The van der Waals surface area contributed by atoms with Crippen LogP contribution in [-0.4, -0.2) is 20.4 Å². The van der Waals surface area contributed by atoms with E-state index in [1.165, 1.54) is 11.8 Å². The molecule has 23 heavy (non-hydrogen) atoms. The average Bonchev–Trinajstić information content (AvgIpc) is 3.15. The van der Waals surface area contributed by atoms with E-state index in [0.29, 0.717) is 28.6 Å². The molecule has 1 aromatic carbocycles. The van der Waals surface area contributed by atoms with Crippen molar-refractivity contribution in [3.8, 4) is 5.75 Å². The van der Waals surface area contributed by atoms with Gasteiger partial charge >= 0.3 is 0 Å². The van der Waals surface area contributed by atoms with Gasteiger partial charge in [-0.3, -0.25) is 0 Å². The molecule has 0 radical (unpaired) electrons. The summed E-state index contributed by atoms with van der Waals surface area (Å²) in [6.07, 6.45) is 0. The zero-order chi connectivity index (χ0) is 16.2. The maximum absolute atomic E-state index is 5.74. The number of rotatable bonds is 6. The van der Waals surface area contributed by atoms with E-state index in [-0.39, 0.29) is 6.61 Å². The first-order valence-electron chi connectivity index (χ1n) is 7.04. The molecule has 0 amide bonds. The van der Waals surface area contributed by atoms with E-state index in [4.69, 9.17) is 13.6 Å². The zero-order valence-corrected chi connectivity index (χ0v) is 13.9. The fourth-order valence-electron chi connectivity index (χ4n) is 1.88. The Morgan fingerprint density at radius 3 is 2.61 bits per heavy atom. The SMILES string of the molecule is Cc1ccc(C)c(OCc2nnc(SCc3nnc(C)o3)o2)c1. The van der Waals surface area contributed by atoms with Gasteiger partial charge in [-0.05, 0) is 31.0 Å². The van der Waals surface area contributed by atoms with Gasteiger partial charge < -0.3 is 13.6 Å². The van der Waals surface area contributed by atoms with Crippen LogP contribution in [0.1, 0.15) is 28.8 Å². The van der Waals surface area contributed by atoms with Crippen LogP contribution < -0.4 is 4.74 Å². The smallest absolute Gasteiger partial charge is 0.277 e. The van der Waals surface area contributed by atoms with Gasteiger partial charge in [0.25, 0.3) is 11.1 Å². The zero-order valence-electron chi connectivity index (χ0n) is 13.1. The Balaban J connectivity index is 1.55. The highest BCUT2D eigenvalue weighted by atomic mass is 32.2. The minimum atomic E-state index is 0.234. The van der Waals surface area contributed by atoms with Crippen LogP contribution in [0.15, 0.2) is 32.3 Å². The van der Waals surface area contributed by atoms with E-state index in [1.54, 1.807) is 6.92 Å². The lowest BCUT2D eigenvalue weighted by atomic mass is 10.1. The summed E-state index contributed by atoms with van der Waals surface area (Å²) in [7, 11) is 0. The van der Waals surface area contributed by atoms with E-state index < -0.39 is 0 Å². The summed E-state index contributed by atoms with van der Waals surface area (Å²) in [5.41, 5.74) is 2.21. The Morgan fingerprint density at radius 1 is 1.00 bits per heavy atom. The van der Waals surface area contributed by atoms with Crippen molar-refractivity contribution in [2.75, 3.05) is 0 Å². The first-order valence-corrected chi connectivity index (χ1v) is 8.03. The molecule has 0 aliphatic heterocycles. The Labute approximate surface area is 137 Å². The van der Waals surface area contributed by atoms with Crippen LogP contribution in [0.3, 0.4) is 0 Å². The highest BCUT2D eigenvalue weighted by molar-refractivity contribution is 7.98. The number of thioether (sulfide) groups is 1. The van der Waals surface area contributed by atoms with Crippen molar-refractivity contribution >= 4 is 11.8 Å². The summed E-state index contributed by atoms with van der Waals surface area (Å²) in [6, 6.07) is 6.05. The summed E-state index contributed by atoms with van der Waals surface area (Å²) in [5, 5.41) is 16.1. The van der Waals surface area contributed by atoms with Crippen molar-refractivity contribution in [2.24, 2.45) is 0 Å². The average molecular weight is 332 g/mol. The Hall–Kier alpha value is -2.35. The van der Waals surface area contributed by atoms with Gasteiger partial charge in [0.2, 0.25) is 11.8 Å². The molecule has 0 bridgehead atoms. The van der Waals surface area contributed by atoms with E-state index in [0.717, 1.165) is 16.9 Å². The van der Waals surface area contributed by atoms with Gasteiger partial charge in [0.05, 0.1) is 5.75 Å². The topological polar surface area (TPSA) is 87.1 Å². The van der Waals surface area contributed by atoms with Crippen LogP contribution >= 0.6 is 11.8 Å². The van der Waals surface area contributed by atoms with Crippen molar-refractivity contribution in [2.45, 2.75) is 38.4 Å². The molecule has 0 spiro atoms. The van der Waals surface area contributed by atoms with Gasteiger partial charge in [0, 0.05) is 6.92 Å². The monoisotopic (exact) mass is 332 g/mol. The lowest BCUT2D eigenvalue weighted by Crippen LogP contribution is -1.97. The molecule has 2 aromatic heterocycles. The molecular formula is C15H16N4O3S. The highest BCUT2D eigenvalue weighted by Gasteiger charge is 2.11. The van der Waals surface area contributed by atoms with Crippen LogP contribution in [0.5, 0.6) is 5.75 Å². The highest BCUT2D eigenvalue weighted by Crippen LogP contribution is 2.23. The van der Waals surface area contributed by atoms with Gasteiger partial charge in [-0.15, -0.1) is 20.4 Å². The minimum Gasteiger partial charge on any atom is -0.484 e. The van der Waals surface area contributed by atoms with Crippen LogP contribution in [0.4, 0.5) is 0 Å². The summed E-state index contributed by atoms with van der Waals surface area (Å²) in [6.45, 7) is 6.00. The summed E-state index contributed by atoms with van der Waals surface area (Å²) in [4.78, 5) is 0. The minimum absolute atomic E-state index is 0.234. The lowest BCUT2D eigenvalue weighted by molar-refractivity contribution is 0.250. The number of hydrogen-bond acceptors (Lipinski definition) is 8. The van der Waals surface area contributed by atoms with E-state index in [9.17, 15) is 0 Å². The normalized spacial score (nSPS) is 10.9. The first kappa shape index (κ1) is 15.5. The second-order valence-corrected chi connectivity index (χ2v) is 5.95. The molecule has 0 atom stereocenters. The standard InChI is InChI=1S/C15H16N4O3S/c1-9-4-5-10(2)12(6-9)20-7-13-17-19-15(22-13)23-8-14-18-16-11(3)21-14/h4-6H,7-8H2,1-3H3. The van der Waals surface area contributed by atoms with Crippen molar-refractivity contribution < 1.29 is 13.6 Å². The van der Waals surface area contributed by atoms with Gasteiger partial charge in [-0.1, -0.05) is 23.9 Å². The van der Waals surface area contributed by atoms with Crippen LogP contribution in [0.25, 0.3) is 0 Å². The van der Waals surface area contributed by atoms with E-state index in [1.807, 2.05) is 32.0 Å². The number of ether oxygens (including phenoxy) is 1. The second-order valence-electron chi connectivity index (χ2n) is 5.02. The number of hydrogen-bond donors (Lipinski definition) is 0. The molecule has 0 aliphatic carbocycles. The molecule has 0 unspecified atom stereocenters. The van der Waals surface area contributed by atoms with Crippen molar-refractivity contribution in [1.82, 2.24) is 20.4 Å². The van der Waals surface area contributed by atoms with Crippen molar-refractivity contribution in [3.63, 3.8) is 0 Å². The van der Waals surface area contributed by atoms with Crippen molar-refractivity contribution in [1.29, 1.82) is 0 Å². The second kappa shape index (κ2) is 6.82. The largest absolute Gasteiger partial charge is 0.484 e. The Bertz CT molecular complexity index is 800. The lowest BCUT2D eigenvalue weighted by Gasteiger charge is -2.07. The maximum Gasteiger partial charge on any atom is 0.277 e. The van der Waals surface area contributed by atoms with Crippen LogP contribution in [-0.2, 0) is 12.4 Å². The Kier molecular flexibility index (Phi) is 4.61. The molecule has 0 N–H and O–H groups in total. The predicted octanol–water partition coefficient (Wildman–Crippen LogP) is 3.25. The quantitative estimate of drug-likeness (QED) is 0.636. The molecule has 0 aliphatic rings. The maximum atomic E-state index is 5.74. The molecule has 0 saturated carbocycles. The molecule has 0 fully saturated rings. The number of benzene rings is 1. The van der Waals surface area contributed by atoms with Gasteiger partial charge in [-0.2, -0.15) is 0 Å². The fourth-order valence-corrected chi connectivity index (χ4v) is 2.49. The molecular weight excluding hydrogens is 316 g/mol. The molecule has 0 saturated heterocycles. The third-order valence-electron chi connectivity index (χ3n) is 3.03. The molecule has 3 aromatic rings. The summed E-state index contributed by atoms with van der Waals surface area (Å²) >= 11 is 1.34. The van der Waals surface area contributed by atoms with E-state index >= 15 is 0 Å². The van der Waals surface area contributed by atoms with Crippen molar-refractivity contribution in [3.05, 3.63) is 47.0 Å². The predicted molar refractivity (Wildman–Crippen MR) is 83.1 cm³/mol. The Morgan fingerprint density at radius 2 is 1.83 bits per heavy atom. The van der Waals surface area contributed by atoms with Gasteiger partial charge in [0.15, 0.2) is 6.61 Å². The first-order chi connectivity index (χ1) is 11.1. The van der Waals surface area contributed by atoms with Crippen LogP contribution in [0.2, 0.25) is 0 Å². The molecule has 120 valence electrons. The number of aryl methyl sites for hydroxylation is 3. The van der Waals surface area contributed by atoms with Gasteiger partial charge in [0.1, 0.15) is 5.75 Å². The summed E-state index contributed by atoms with van der Waals surface area (Å²) in [5.74, 6) is 2.79. The number of aromatic nitrogens is 4. The molecule has 7 nitrogen and oxygen atoms in total. The third kappa shape index (κ3) is 4.10. The summed E-state index contributed by atoms with van der Waals surface area (Å²) < 4.78 is 16.6.